The minimum atomic E-state index is -1.47. The van der Waals surface area contributed by atoms with Crippen LogP contribution in [-0.4, -0.2) is 29.2 Å². The lowest BCUT2D eigenvalue weighted by Gasteiger charge is -2.36. The first-order chi connectivity index (χ1) is 15.3. The molecule has 0 fully saturated rings. The topological polar surface area (TPSA) is 98.9 Å². The van der Waals surface area contributed by atoms with E-state index in [1.54, 1.807) is 36.4 Å². The van der Waals surface area contributed by atoms with Gasteiger partial charge in [0.05, 0.1) is 0 Å². The van der Waals surface area contributed by atoms with Crippen LogP contribution in [-0.2, 0) is 24.7 Å². The number of benzene rings is 3. The predicted octanol–water partition coefficient (Wildman–Crippen LogP) is 4.16. The van der Waals surface area contributed by atoms with Crippen LogP contribution >= 0.6 is 11.6 Å². The number of hydrogen-bond donors (Lipinski definition) is 2. The summed E-state index contributed by atoms with van der Waals surface area (Å²) in [5.41, 5.74) is 5.76. The molecule has 166 valence electrons. The van der Waals surface area contributed by atoms with Crippen LogP contribution in [0.3, 0.4) is 0 Å². The number of halogens is 1. The summed E-state index contributed by atoms with van der Waals surface area (Å²) >= 11 is 6.59. The Bertz CT molecular complexity index is 1090. The minimum absolute atomic E-state index is 0.0560. The molecule has 3 atom stereocenters. The Morgan fingerprint density at radius 2 is 1.44 bits per heavy atom. The predicted molar refractivity (Wildman–Crippen MR) is 121 cm³/mol. The molecule has 6 nitrogen and oxygen atoms in total. The lowest BCUT2D eigenvalue weighted by molar-refractivity contribution is -0.173. The standard InChI is InChI=1S/C25H24ClNO5/c1-16(27)23(29)31-17(2)24(30)32-25(18-8-4-3-5-9-18,19-12-14-20(28)15-13-19)21-10-6-7-11-22(21)26/h3-17,28H,27H2,1-2H3/t16-,17-,25?/m0/s1. The van der Waals surface area contributed by atoms with Crippen molar-refractivity contribution >= 4 is 23.5 Å². The lowest BCUT2D eigenvalue weighted by atomic mass is 9.80. The number of esters is 2. The van der Waals surface area contributed by atoms with Gasteiger partial charge in [0, 0.05) is 21.7 Å². The van der Waals surface area contributed by atoms with Crippen molar-refractivity contribution in [3.8, 4) is 5.75 Å². The Hall–Kier alpha value is -3.35. The maximum atomic E-state index is 13.2. The fourth-order valence-electron chi connectivity index (χ4n) is 3.33. The smallest absolute Gasteiger partial charge is 0.348 e. The Labute approximate surface area is 191 Å². The molecule has 32 heavy (non-hydrogen) atoms. The monoisotopic (exact) mass is 453 g/mol. The van der Waals surface area contributed by atoms with Crippen LogP contribution in [0.25, 0.3) is 0 Å². The van der Waals surface area contributed by atoms with E-state index >= 15 is 0 Å². The van der Waals surface area contributed by atoms with Gasteiger partial charge in [-0.15, -0.1) is 0 Å². The van der Waals surface area contributed by atoms with Gasteiger partial charge in [0.2, 0.25) is 0 Å². The molecule has 0 amide bonds. The number of phenols is 1. The van der Waals surface area contributed by atoms with E-state index in [0.29, 0.717) is 21.7 Å². The second kappa shape index (κ2) is 9.85. The van der Waals surface area contributed by atoms with E-state index < -0.39 is 29.7 Å². The molecule has 0 aliphatic rings. The second-order valence-corrected chi connectivity index (χ2v) is 7.77. The van der Waals surface area contributed by atoms with Crippen LogP contribution in [0.15, 0.2) is 78.9 Å². The van der Waals surface area contributed by atoms with Crippen molar-refractivity contribution in [3.05, 3.63) is 101 Å². The molecule has 0 saturated heterocycles. The maximum Gasteiger partial charge on any atom is 0.348 e. The molecule has 0 saturated carbocycles. The highest BCUT2D eigenvalue weighted by Gasteiger charge is 2.43. The molecular weight excluding hydrogens is 430 g/mol. The summed E-state index contributed by atoms with van der Waals surface area (Å²) in [5.74, 6) is -1.45. The molecule has 0 aromatic heterocycles. The van der Waals surface area contributed by atoms with Gasteiger partial charge in [-0.3, -0.25) is 4.79 Å². The SMILES string of the molecule is C[C@H](N)C(=O)O[C@@H](C)C(=O)OC(c1ccccc1)(c1ccc(O)cc1)c1ccccc1Cl. The molecule has 0 spiro atoms. The van der Waals surface area contributed by atoms with E-state index in [-0.39, 0.29) is 5.75 Å². The highest BCUT2D eigenvalue weighted by Crippen LogP contribution is 2.44. The van der Waals surface area contributed by atoms with E-state index in [0.717, 1.165) is 0 Å². The van der Waals surface area contributed by atoms with Crippen molar-refractivity contribution in [2.75, 3.05) is 0 Å². The largest absolute Gasteiger partial charge is 0.508 e. The number of carbonyl (C=O) groups is 2. The lowest BCUT2D eigenvalue weighted by Crippen LogP contribution is -2.41. The van der Waals surface area contributed by atoms with Gasteiger partial charge in [-0.2, -0.15) is 0 Å². The van der Waals surface area contributed by atoms with Crippen molar-refractivity contribution in [1.29, 1.82) is 0 Å². The summed E-state index contributed by atoms with van der Waals surface area (Å²) in [6.45, 7) is 2.89. The summed E-state index contributed by atoms with van der Waals surface area (Å²) in [6.07, 6.45) is -1.21. The van der Waals surface area contributed by atoms with Gasteiger partial charge in [0.25, 0.3) is 0 Å². The van der Waals surface area contributed by atoms with Gasteiger partial charge >= 0.3 is 11.9 Å². The Morgan fingerprint density at radius 3 is 2.03 bits per heavy atom. The highest BCUT2D eigenvalue weighted by molar-refractivity contribution is 6.31. The first-order valence-electron chi connectivity index (χ1n) is 10.0. The van der Waals surface area contributed by atoms with Gasteiger partial charge in [-0.05, 0) is 32.0 Å². The Kier molecular flexibility index (Phi) is 7.18. The third-order valence-corrected chi connectivity index (χ3v) is 5.29. The van der Waals surface area contributed by atoms with Crippen LogP contribution < -0.4 is 5.73 Å². The number of nitrogens with two attached hydrogens (primary N) is 1. The molecule has 7 heteroatoms. The quantitative estimate of drug-likeness (QED) is 0.411. The van der Waals surface area contributed by atoms with E-state index in [1.165, 1.54) is 26.0 Å². The molecule has 0 heterocycles. The van der Waals surface area contributed by atoms with Crippen molar-refractivity contribution in [1.82, 2.24) is 0 Å². The molecule has 3 aromatic rings. The van der Waals surface area contributed by atoms with Gasteiger partial charge in [-0.1, -0.05) is 72.3 Å². The number of aromatic hydroxyl groups is 1. The summed E-state index contributed by atoms with van der Waals surface area (Å²) < 4.78 is 11.3. The van der Waals surface area contributed by atoms with Gasteiger partial charge in [-0.25, -0.2) is 4.79 Å². The number of phenolic OH excluding ortho intramolecular Hbond substituents is 1. The van der Waals surface area contributed by atoms with Crippen LogP contribution in [0.1, 0.15) is 30.5 Å². The minimum Gasteiger partial charge on any atom is -0.508 e. The van der Waals surface area contributed by atoms with E-state index in [1.807, 2.05) is 30.3 Å². The van der Waals surface area contributed by atoms with Crippen molar-refractivity contribution in [3.63, 3.8) is 0 Å². The van der Waals surface area contributed by atoms with E-state index in [4.69, 9.17) is 26.8 Å². The summed E-state index contributed by atoms with van der Waals surface area (Å²) in [6, 6.07) is 21.5. The third kappa shape index (κ3) is 4.77. The second-order valence-electron chi connectivity index (χ2n) is 7.36. The van der Waals surface area contributed by atoms with Gasteiger partial charge in [0.1, 0.15) is 11.8 Å². The van der Waals surface area contributed by atoms with Crippen LogP contribution in [0.4, 0.5) is 0 Å². The van der Waals surface area contributed by atoms with Crippen LogP contribution in [0.2, 0.25) is 5.02 Å². The number of rotatable bonds is 7. The Balaban J connectivity index is 2.20. The first-order valence-corrected chi connectivity index (χ1v) is 10.4. The zero-order valence-electron chi connectivity index (χ0n) is 17.7. The summed E-state index contributed by atoms with van der Waals surface area (Å²) in [5, 5.41) is 10.2. The molecule has 0 aliphatic heterocycles. The molecule has 3 N–H and O–H groups in total. The highest BCUT2D eigenvalue weighted by atomic mass is 35.5. The van der Waals surface area contributed by atoms with Crippen LogP contribution in [0, 0.1) is 0 Å². The molecule has 3 rings (SSSR count). The normalized spacial score (nSPS) is 14.6. The Morgan fingerprint density at radius 1 is 0.875 bits per heavy atom. The van der Waals surface area contributed by atoms with Gasteiger partial charge < -0.3 is 20.3 Å². The fourth-order valence-corrected chi connectivity index (χ4v) is 3.60. The van der Waals surface area contributed by atoms with Crippen molar-refractivity contribution < 1.29 is 24.2 Å². The molecule has 1 unspecified atom stereocenters. The zero-order chi connectivity index (χ0) is 23.3. The number of ether oxygens (including phenoxy) is 2. The average molecular weight is 454 g/mol. The van der Waals surface area contributed by atoms with Crippen molar-refractivity contribution in [2.24, 2.45) is 5.73 Å². The van der Waals surface area contributed by atoms with E-state index in [9.17, 15) is 14.7 Å². The number of carbonyl (C=O) groups excluding carboxylic acids is 2. The third-order valence-electron chi connectivity index (χ3n) is 4.96. The van der Waals surface area contributed by atoms with Crippen LogP contribution in [0.5, 0.6) is 5.75 Å². The average Bonchev–Trinajstić information content (AvgIpc) is 2.79. The van der Waals surface area contributed by atoms with E-state index in [2.05, 4.69) is 0 Å². The summed E-state index contributed by atoms with van der Waals surface area (Å²) in [7, 11) is 0. The molecule has 0 bridgehead atoms. The molecular formula is C25H24ClNO5. The van der Waals surface area contributed by atoms with Crippen molar-refractivity contribution in [2.45, 2.75) is 31.6 Å². The summed E-state index contributed by atoms with van der Waals surface area (Å²) in [4.78, 5) is 25.1. The maximum absolute atomic E-state index is 13.2. The fraction of sp³-hybridized carbons (Fsp3) is 0.200. The zero-order valence-corrected chi connectivity index (χ0v) is 18.5. The molecule has 0 radical (unpaired) electrons. The van der Waals surface area contributed by atoms with Gasteiger partial charge in [0.15, 0.2) is 11.7 Å². The molecule has 0 aliphatic carbocycles. The number of hydrogen-bond acceptors (Lipinski definition) is 6. The first kappa shape index (κ1) is 23.3. The molecule has 3 aromatic carbocycles.